The van der Waals surface area contributed by atoms with Crippen molar-refractivity contribution in [3.8, 4) is 0 Å². The maximum Gasteiger partial charge on any atom is 0.0598 e. The molecule has 1 fully saturated rings. The molecular formula is C13H20IN3. The average molecular weight is 345 g/mol. The third kappa shape index (κ3) is 3.25. The van der Waals surface area contributed by atoms with Gasteiger partial charge in [-0.25, -0.2) is 0 Å². The van der Waals surface area contributed by atoms with Crippen LogP contribution in [0.1, 0.15) is 6.42 Å². The van der Waals surface area contributed by atoms with Crippen molar-refractivity contribution in [3.05, 3.63) is 21.8 Å². The van der Waals surface area contributed by atoms with Gasteiger partial charge in [0.05, 0.1) is 11.4 Å². The Morgan fingerprint density at radius 1 is 1.53 bits per heavy atom. The number of anilines is 2. The second-order valence-electron chi connectivity index (χ2n) is 5.00. The molecule has 0 spiro atoms. The van der Waals surface area contributed by atoms with Gasteiger partial charge in [-0.15, -0.1) is 0 Å². The smallest absolute Gasteiger partial charge is 0.0598 e. The third-order valence-corrected chi connectivity index (χ3v) is 4.09. The minimum atomic E-state index is 0.767. The molecule has 1 unspecified atom stereocenters. The quantitative estimate of drug-likeness (QED) is 0.674. The monoisotopic (exact) mass is 345 g/mol. The number of hydrogen-bond donors (Lipinski definition) is 1. The molecule has 1 aromatic rings. The van der Waals surface area contributed by atoms with E-state index in [1.807, 2.05) is 6.07 Å². The predicted octanol–water partition coefficient (Wildman–Crippen LogP) is 2.26. The number of nitrogens with zero attached hydrogens (tertiary/aromatic N) is 2. The Bertz CT molecular complexity index is 394. The summed E-state index contributed by atoms with van der Waals surface area (Å²) < 4.78 is 1.19. The van der Waals surface area contributed by atoms with Crippen molar-refractivity contribution in [2.45, 2.75) is 6.42 Å². The first-order valence-corrected chi connectivity index (χ1v) is 7.09. The van der Waals surface area contributed by atoms with Crippen LogP contribution in [0.25, 0.3) is 0 Å². The van der Waals surface area contributed by atoms with Crippen LogP contribution in [0.15, 0.2) is 18.2 Å². The van der Waals surface area contributed by atoms with Gasteiger partial charge in [-0.1, -0.05) is 0 Å². The fourth-order valence-corrected chi connectivity index (χ4v) is 3.05. The topological polar surface area (TPSA) is 32.5 Å². The van der Waals surface area contributed by atoms with Crippen molar-refractivity contribution >= 4 is 34.0 Å². The Morgan fingerprint density at radius 2 is 2.29 bits per heavy atom. The van der Waals surface area contributed by atoms with Crippen LogP contribution in [0.4, 0.5) is 11.4 Å². The zero-order valence-corrected chi connectivity index (χ0v) is 12.6. The van der Waals surface area contributed by atoms with Crippen molar-refractivity contribution in [2.75, 3.05) is 44.4 Å². The summed E-state index contributed by atoms with van der Waals surface area (Å²) in [5.74, 6) is 0.767. The van der Waals surface area contributed by atoms with Crippen molar-refractivity contribution in [3.63, 3.8) is 0 Å². The second kappa shape index (κ2) is 5.44. The van der Waals surface area contributed by atoms with Gasteiger partial charge in [0.2, 0.25) is 0 Å². The Balaban J connectivity index is 2.01. The van der Waals surface area contributed by atoms with Crippen LogP contribution in [0.5, 0.6) is 0 Å². The van der Waals surface area contributed by atoms with E-state index in [-0.39, 0.29) is 0 Å². The number of halogens is 1. The molecule has 17 heavy (non-hydrogen) atoms. The number of rotatable bonds is 3. The number of likely N-dealkylation sites (tertiary alicyclic amines) is 1. The van der Waals surface area contributed by atoms with Crippen LogP contribution in [-0.4, -0.2) is 38.6 Å². The molecular weight excluding hydrogens is 325 g/mol. The van der Waals surface area contributed by atoms with E-state index in [9.17, 15) is 0 Å². The Kier molecular flexibility index (Phi) is 4.14. The molecule has 1 atom stereocenters. The Labute approximate surface area is 117 Å². The highest BCUT2D eigenvalue weighted by Gasteiger charge is 2.21. The maximum atomic E-state index is 6.07. The van der Waals surface area contributed by atoms with Crippen molar-refractivity contribution in [1.29, 1.82) is 0 Å². The lowest BCUT2D eigenvalue weighted by Gasteiger charge is -2.24. The molecule has 1 aromatic carbocycles. The van der Waals surface area contributed by atoms with Crippen LogP contribution < -0.4 is 10.6 Å². The highest BCUT2D eigenvalue weighted by molar-refractivity contribution is 14.1. The van der Waals surface area contributed by atoms with Gasteiger partial charge in [-0.05, 0) is 66.7 Å². The Hall–Kier alpha value is -0.490. The van der Waals surface area contributed by atoms with Gasteiger partial charge in [0.1, 0.15) is 0 Å². The summed E-state index contributed by atoms with van der Waals surface area (Å²) in [5.41, 5.74) is 8.10. The number of benzene rings is 1. The third-order valence-electron chi connectivity index (χ3n) is 3.42. The molecule has 4 heteroatoms. The lowest BCUT2D eigenvalue weighted by Crippen LogP contribution is -2.27. The molecule has 0 saturated carbocycles. The molecule has 3 nitrogen and oxygen atoms in total. The van der Waals surface area contributed by atoms with Gasteiger partial charge in [0.15, 0.2) is 0 Å². The normalized spacial score (nSPS) is 20.8. The van der Waals surface area contributed by atoms with Gasteiger partial charge >= 0.3 is 0 Å². The molecule has 2 N–H and O–H groups in total. The average Bonchev–Trinajstić information content (AvgIpc) is 2.63. The van der Waals surface area contributed by atoms with Gasteiger partial charge in [0, 0.05) is 23.7 Å². The number of nitrogens with two attached hydrogens (primary N) is 1. The SMILES string of the molecule is CN1CCC(CN(C)c2ccc(I)cc2N)C1. The summed E-state index contributed by atoms with van der Waals surface area (Å²) in [6.07, 6.45) is 1.30. The van der Waals surface area contributed by atoms with Crippen molar-refractivity contribution in [2.24, 2.45) is 5.92 Å². The minimum absolute atomic E-state index is 0.767. The second-order valence-corrected chi connectivity index (χ2v) is 6.25. The van der Waals surface area contributed by atoms with Crippen LogP contribution >= 0.6 is 22.6 Å². The molecule has 2 rings (SSSR count). The van der Waals surface area contributed by atoms with E-state index in [4.69, 9.17) is 5.73 Å². The summed E-state index contributed by atoms with van der Waals surface area (Å²) in [6.45, 7) is 3.52. The lowest BCUT2D eigenvalue weighted by molar-refractivity contribution is 0.396. The number of hydrogen-bond acceptors (Lipinski definition) is 3. The van der Waals surface area contributed by atoms with E-state index in [2.05, 4.69) is 58.6 Å². The predicted molar refractivity (Wildman–Crippen MR) is 82.4 cm³/mol. The summed E-state index contributed by atoms with van der Waals surface area (Å²) in [5, 5.41) is 0. The summed E-state index contributed by atoms with van der Waals surface area (Å²) in [6, 6.07) is 6.27. The van der Waals surface area contributed by atoms with Crippen LogP contribution in [0, 0.1) is 9.49 Å². The van der Waals surface area contributed by atoms with Crippen LogP contribution in [0.3, 0.4) is 0 Å². The van der Waals surface area contributed by atoms with E-state index in [1.165, 1.54) is 23.1 Å². The number of nitrogen functional groups attached to an aromatic ring is 1. The van der Waals surface area contributed by atoms with E-state index >= 15 is 0 Å². The lowest BCUT2D eigenvalue weighted by atomic mass is 10.1. The maximum absolute atomic E-state index is 6.07. The van der Waals surface area contributed by atoms with Crippen molar-refractivity contribution in [1.82, 2.24) is 4.90 Å². The summed E-state index contributed by atoms with van der Waals surface area (Å²) in [4.78, 5) is 4.69. The molecule has 94 valence electrons. The molecule has 1 aliphatic rings. The highest BCUT2D eigenvalue weighted by Crippen LogP contribution is 2.26. The van der Waals surface area contributed by atoms with Gasteiger partial charge in [0.25, 0.3) is 0 Å². The van der Waals surface area contributed by atoms with E-state index < -0.39 is 0 Å². The van der Waals surface area contributed by atoms with Gasteiger partial charge in [-0.2, -0.15) is 0 Å². The molecule has 1 aliphatic heterocycles. The van der Waals surface area contributed by atoms with Crippen LogP contribution in [0.2, 0.25) is 0 Å². The molecule has 0 amide bonds. The molecule has 0 bridgehead atoms. The fourth-order valence-electron chi connectivity index (χ4n) is 2.53. The van der Waals surface area contributed by atoms with Crippen LogP contribution in [-0.2, 0) is 0 Å². The van der Waals surface area contributed by atoms with Gasteiger partial charge in [-0.3, -0.25) is 0 Å². The van der Waals surface area contributed by atoms with E-state index in [0.29, 0.717) is 0 Å². The standard InChI is InChI=1S/C13H20IN3/c1-16-6-5-10(8-16)9-17(2)13-4-3-11(14)7-12(13)15/h3-4,7,10H,5-6,8-9,15H2,1-2H3. The molecule has 1 saturated heterocycles. The summed E-state index contributed by atoms with van der Waals surface area (Å²) in [7, 11) is 4.33. The van der Waals surface area contributed by atoms with E-state index in [0.717, 1.165) is 23.8 Å². The Morgan fingerprint density at radius 3 is 2.88 bits per heavy atom. The fraction of sp³-hybridized carbons (Fsp3) is 0.538. The molecule has 0 aromatic heterocycles. The zero-order valence-electron chi connectivity index (χ0n) is 10.5. The molecule has 1 heterocycles. The summed E-state index contributed by atoms with van der Waals surface area (Å²) >= 11 is 2.29. The first-order chi connectivity index (χ1) is 8.06. The van der Waals surface area contributed by atoms with Crippen molar-refractivity contribution < 1.29 is 0 Å². The molecule has 0 radical (unpaired) electrons. The van der Waals surface area contributed by atoms with Gasteiger partial charge < -0.3 is 15.5 Å². The highest BCUT2D eigenvalue weighted by atomic mass is 127. The minimum Gasteiger partial charge on any atom is -0.397 e. The molecule has 0 aliphatic carbocycles. The van der Waals surface area contributed by atoms with E-state index in [1.54, 1.807) is 0 Å². The zero-order chi connectivity index (χ0) is 12.4. The largest absolute Gasteiger partial charge is 0.397 e. The first-order valence-electron chi connectivity index (χ1n) is 6.01. The first kappa shape index (κ1) is 13.0.